The van der Waals surface area contributed by atoms with Crippen LogP contribution in [0.1, 0.15) is 47.5 Å². The monoisotopic (exact) mass is 370 g/mol. The summed E-state index contributed by atoms with van der Waals surface area (Å²) in [5.41, 5.74) is -0.504. The van der Waals surface area contributed by atoms with Crippen LogP contribution >= 0.6 is 0 Å². The van der Waals surface area contributed by atoms with Gasteiger partial charge in [0.25, 0.3) is 0 Å². The van der Waals surface area contributed by atoms with Gasteiger partial charge in [-0.1, -0.05) is 13.8 Å². The first-order chi connectivity index (χ1) is 12.1. The highest BCUT2D eigenvalue weighted by Crippen LogP contribution is 2.28. The molecular weight excluding hydrogens is 332 g/mol. The highest BCUT2D eigenvalue weighted by molar-refractivity contribution is 5.79. The molecule has 1 saturated carbocycles. The number of guanidine groups is 1. The van der Waals surface area contributed by atoms with Crippen molar-refractivity contribution in [3.05, 3.63) is 0 Å². The minimum absolute atomic E-state index is 0.0545. The van der Waals surface area contributed by atoms with Crippen LogP contribution in [0.4, 0.5) is 4.79 Å². The summed E-state index contributed by atoms with van der Waals surface area (Å²) < 4.78 is 11.0. The SMILES string of the molecule is CN=C(NCC(NC(=O)OC(C)(C)C)C(C)C)N(C)CCOCC1CC1. The second kappa shape index (κ2) is 10.6. The zero-order valence-electron chi connectivity index (χ0n) is 17.6. The lowest BCUT2D eigenvalue weighted by Gasteiger charge is -2.28. The van der Waals surface area contributed by atoms with Crippen molar-refractivity contribution in [2.75, 3.05) is 40.4 Å². The maximum atomic E-state index is 12.0. The molecule has 0 aliphatic heterocycles. The fourth-order valence-electron chi connectivity index (χ4n) is 2.34. The maximum absolute atomic E-state index is 12.0. The van der Waals surface area contributed by atoms with E-state index < -0.39 is 11.7 Å². The Hall–Kier alpha value is -1.50. The molecule has 152 valence electrons. The van der Waals surface area contributed by atoms with Gasteiger partial charge in [-0.15, -0.1) is 0 Å². The normalized spacial score (nSPS) is 16.4. The van der Waals surface area contributed by atoms with Crippen LogP contribution in [0.3, 0.4) is 0 Å². The van der Waals surface area contributed by atoms with Crippen molar-refractivity contribution in [1.82, 2.24) is 15.5 Å². The number of nitrogens with one attached hydrogen (secondary N) is 2. The smallest absolute Gasteiger partial charge is 0.407 e. The average Bonchev–Trinajstić information content (AvgIpc) is 3.33. The van der Waals surface area contributed by atoms with Crippen LogP contribution in [0.5, 0.6) is 0 Å². The standard InChI is InChI=1S/C19H38N4O3/c1-14(2)16(22-18(24)26-19(3,4)5)12-21-17(20-6)23(7)10-11-25-13-15-8-9-15/h14-16H,8-13H2,1-7H3,(H,20,21)(H,22,24). The number of amides is 1. The van der Waals surface area contributed by atoms with Crippen molar-refractivity contribution < 1.29 is 14.3 Å². The van der Waals surface area contributed by atoms with Crippen molar-refractivity contribution in [1.29, 1.82) is 0 Å². The van der Waals surface area contributed by atoms with Gasteiger partial charge in [0.1, 0.15) is 5.60 Å². The number of hydrogen-bond acceptors (Lipinski definition) is 4. The van der Waals surface area contributed by atoms with E-state index in [9.17, 15) is 4.79 Å². The lowest BCUT2D eigenvalue weighted by molar-refractivity contribution is 0.0491. The number of carbonyl (C=O) groups excluding carboxylic acids is 1. The second-order valence-corrected chi connectivity index (χ2v) is 8.36. The zero-order valence-corrected chi connectivity index (χ0v) is 17.6. The van der Waals surface area contributed by atoms with E-state index in [4.69, 9.17) is 9.47 Å². The topological polar surface area (TPSA) is 75.2 Å². The van der Waals surface area contributed by atoms with Gasteiger partial charge in [0.05, 0.1) is 12.6 Å². The molecule has 0 aromatic carbocycles. The van der Waals surface area contributed by atoms with Gasteiger partial charge in [0.2, 0.25) is 0 Å². The lowest BCUT2D eigenvalue weighted by Crippen LogP contribution is -2.50. The molecule has 26 heavy (non-hydrogen) atoms. The first-order valence-electron chi connectivity index (χ1n) is 9.61. The highest BCUT2D eigenvalue weighted by atomic mass is 16.6. The summed E-state index contributed by atoms with van der Waals surface area (Å²) in [6, 6.07) is -0.0545. The molecule has 1 fully saturated rings. The molecule has 1 aliphatic rings. The van der Waals surface area contributed by atoms with Gasteiger partial charge < -0.3 is 25.0 Å². The Kier molecular flexibility index (Phi) is 9.19. The predicted molar refractivity (Wildman–Crippen MR) is 106 cm³/mol. The molecule has 2 N–H and O–H groups in total. The fourth-order valence-corrected chi connectivity index (χ4v) is 2.34. The van der Waals surface area contributed by atoms with Crippen molar-refractivity contribution >= 4 is 12.1 Å². The number of rotatable bonds is 9. The van der Waals surface area contributed by atoms with Crippen molar-refractivity contribution in [3.8, 4) is 0 Å². The fraction of sp³-hybridized carbons (Fsp3) is 0.895. The first kappa shape index (κ1) is 22.5. The first-order valence-corrected chi connectivity index (χ1v) is 9.61. The maximum Gasteiger partial charge on any atom is 0.407 e. The van der Waals surface area contributed by atoms with Crippen LogP contribution in [-0.2, 0) is 9.47 Å². The Bertz CT molecular complexity index is 456. The highest BCUT2D eigenvalue weighted by Gasteiger charge is 2.22. The van der Waals surface area contributed by atoms with Gasteiger partial charge in [0, 0.05) is 33.8 Å². The van der Waals surface area contributed by atoms with Crippen LogP contribution in [-0.4, -0.2) is 69.0 Å². The van der Waals surface area contributed by atoms with Crippen LogP contribution in [0, 0.1) is 11.8 Å². The summed E-state index contributed by atoms with van der Waals surface area (Å²) in [4.78, 5) is 18.4. The number of carbonyl (C=O) groups is 1. The molecule has 0 heterocycles. The molecule has 7 heteroatoms. The van der Waals surface area contributed by atoms with E-state index in [-0.39, 0.29) is 12.0 Å². The van der Waals surface area contributed by atoms with Crippen LogP contribution in [0.25, 0.3) is 0 Å². The molecule has 7 nitrogen and oxygen atoms in total. The molecule has 0 aromatic heterocycles. The quantitative estimate of drug-likeness (QED) is 0.370. The number of nitrogens with zero attached hydrogens (tertiary/aromatic N) is 2. The number of likely N-dealkylation sites (N-methyl/N-ethyl adjacent to an activating group) is 1. The zero-order chi connectivity index (χ0) is 19.7. The van der Waals surface area contributed by atoms with Crippen LogP contribution in [0.2, 0.25) is 0 Å². The van der Waals surface area contributed by atoms with E-state index in [1.807, 2.05) is 32.7 Å². The molecule has 0 aromatic rings. The Morgan fingerprint density at radius 1 is 1.31 bits per heavy atom. The average molecular weight is 371 g/mol. The van der Waals surface area contributed by atoms with Gasteiger partial charge in [0.15, 0.2) is 5.96 Å². The Labute approximate surface area is 158 Å². The molecular formula is C19H38N4O3. The van der Waals surface area contributed by atoms with Crippen molar-refractivity contribution in [3.63, 3.8) is 0 Å². The third kappa shape index (κ3) is 9.85. The Balaban J connectivity index is 2.39. The summed E-state index contributed by atoms with van der Waals surface area (Å²) in [5, 5.41) is 6.27. The number of ether oxygens (including phenoxy) is 2. The lowest BCUT2D eigenvalue weighted by atomic mass is 10.0. The summed E-state index contributed by atoms with van der Waals surface area (Å²) in [5.74, 6) is 1.83. The summed E-state index contributed by atoms with van der Waals surface area (Å²) in [7, 11) is 3.75. The van der Waals surface area contributed by atoms with E-state index >= 15 is 0 Å². The van der Waals surface area contributed by atoms with Gasteiger partial charge in [-0.2, -0.15) is 0 Å². The predicted octanol–water partition coefficient (Wildman–Crippen LogP) is 2.47. The van der Waals surface area contributed by atoms with Crippen LogP contribution in [0.15, 0.2) is 4.99 Å². The van der Waals surface area contributed by atoms with Gasteiger partial charge >= 0.3 is 6.09 Å². The van der Waals surface area contributed by atoms with Gasteiger partial charge in [-0.05, 0) is 45.4 Å². The van der Waals surface area contributed by atoms with E-state index in [2.05, 4.69) is 29.5 Å². The molecule has 0 spiro atoms. The van der Waals surface area contributed by atoms with E-state index in [0.29, 0.717) is 13.2 Å². The minimum atomic E-state index is -0.504. The molecule has 0 radical (unpaired) electrons. The molecule has 0 bridgehead atoms. The largest absolute Gasteiger partial charge is 0.444 e. The Morgan fingerprint density at radius 3 is 2.46 bits per heavy atom. The van der Waals surface area contributed by atoms with Crippen molar-refractivity contribution in [2.24, 2.45) is 16.8 Å². The molecule has 1 rings (SSSR count). The van der Waals surface area contributed by atoms with E-state index in [0.717, 1.165) is 25.0 Å². The number of alkyl carbamates (subject to hydrolysis) is 1. The summed E-state index contributed by atoms with van der Waals surface area (Å²) in [6.07, 6.45) is 2.22. The number of hydrogen-bond donors (Lipinski definition) is 2. The third-order valence-corrected chi connectivity index (χ3v) is 4.18. The molecule has 0 saturated heterocycles. The summed E-state index contributed by atoms with van der Waals surface area (Å²) in [6.45, 7) is 12.6. The minimum Gasteiger partial charge on any atom is -0.444 e. The molecule has 1 aliphatic carbocycles. The van der Waals surface area contributed by atoms with E-state index in [1.54, 1.807) is 7.05 Å². The van der Waals surface area contributed by atoms with Gasteiger partial charge in [-0.25, -0.2) is 4.79 Å². The van der Waals surface area contributed by atoms with Crippen molar-refractivity contribution in [2.45, 2.75) is 59.1 Å². The molecule has 1 atom stereocenters. The third-order valence-electron chi connectivity index (χ3n) is 4.18. The van der Waals surface area contributed by atoms with E-state index in [1.165, 1.54) is 12.8 Å². The van der Waals surface area contributed by atoms with Gasteiger partial charge in [-0.3, -0.25) is 4.99 Å². The van der Waals surface area contributed by atoms with Crippen LogP contribution < -0.4 is 10.6 Å². The second-order valence-electron chi connectivity index (χ2n) is 8.36. The molecule has 1 unspecified atom stereocenters. The summed E-state index contributed by atoms with van der Waals surface area (Å²) >= 11 is 0. The molecule has 1 amide bonds. The number of aliphatic imine (C=N–C) groups is 1. The Morgan fingerprint density at radius 2 is 1.96 bits per heavy atom.